The third-order valence-electron chi connectivity index (χ3n) is 6.74. The van der Waals surface area contributed by atoms with Crippen molar-refractivity contribution in [2.45, 2.75) is 50.9 Å². The van der Waals surface area contributed by atoms with Crippen LogP contribution in [0.5, 0.6) is 0 Å². The second kappa shape index (κ2) is 16.4. The number of benzene rings is 2. The third-order valence-corrected chi connectivity index (χ3v) is 7.84. The first-order chi connectivity index (χ1) is 18.9. The van der Waals surface area contributed by atoms with Crippen LogP contribution in [0.3, 0.4) is 0 Å². The van der Waals surface area contributed by atoms with Crippen LogP contribution in [0.25, 0.3) is 0 Å². The first-order valence-electron chi connectivity index (χ1n) is 13.3. The molecular formula is C31H38O7S. The number of esters is 1. The number of carbonyl (C=O) groups is 3. The predicted molar refractivity (Wildman–Crippen MR) is 152 cm³/mol. The highest BCUT2D eigenvalue weighted by Crippen LogP contribution is 2.34. The molecule has 7 nitrogen and oxygen atoms in total. The fourth-order valence-electron chi connectivity index (χ4n) is 4.73. The van der Waals surface area contributed by atoms with Crippen molar-refractivity contribution in [3.63, 3.8) is 0 Å². The fraction of sp³-hybridized carbons (Fsp3) is 0.452. The van der Waals surface area contributed by atoms with Crippen LogP contribution >= 0.6 is 11.8 Å². The van der Waals surface area contributed by atoms with E-state index >= 15 is 0 Å². The van der Waals surface area contributed by atoms with E-state index in [1.165, 1.54) is 0 Å². The summed E-state index contributed by atoms with van der Waals surface area (Å²) in [5.74, 6) is 0.277. The van der Waals surface area contributed by atoms with Crippen LogP contribution in [-0.2, 0) is 32.1 Å². The number of hydrogen-bond acceptors (Lipinski definition) is 8. The Morgan fingerprint density at radius 1 is 1.10 bits per heavy atom. The van der Waals surface area contributed by atoms with Gasteiger partial charge in [-0.3, -0.25) is 14.4 Å². The summed E-state index contributed by atoms with van der Waals surface area (Å²) in [6.07, 6.45) is 4.06. The number of Topliss-reactive ketones (excluding diaryl/α,β-unsaturated/α-hetero) is 2. The molecule has 0 saturated heterocycles. The van der Waals surface area contributed by atoms with E-state index in [-0.39, 0.29) is 42.9 Å². The molecule has 1 aliphatic rings. The number of hydrogen-bond donors (Lipinski definition) is 2. The van der Waals surface area contributed by atoms with Gasteiger partial charge >= 0.3 is 5.97 Å². The van der Waals surface area contributed by atoms with Crippen molar-refractivity contribution < 1.29 is 34.1 Å². The van der Waals surface area contributed by atoms with E-state index in [1.807, 2.05) is 30.3 Å². The van der Waals surface area contributed by atoms with Crippen LogP contribution in [0.15, 0.2) is 66.7 Å². The number of aliphatic hydroxyl groups excluding tert-OH is 2. The topological polar surface area (TPSA) is 110 Å². The zero-order valence-corrected chi connectivity index (χ0v) is 23.2. The van der Waals surface area contributed by atoms with Gasteiger partial charge < -0.3 is 19.7 Å². The lowest BCUT2D eigenvalue weighted by Gasteiger charge is -2.18. The van der Waals surface area contributed by atoms with Gasteiger partial charge in [0.15, 0.2) is 12.4 Å². The Kier molecular flexibility index (Phi) is 12.9. The molecule has 0 unspecified atom stereocenters. The number of methoxy groups -OCH3 is 1. The van der Waals surface area contributed by atoms with Crippen LogP contribution < -0.4 is 0 Å². The number of thioether (sulfide) groups is 1. The SMILES string of the molecule is COCc1cccc(C[C@H](O)/C=C/[C@@H]2[C@H](O)CC(=O)[C@@H]2CCSCCCC(=O)OCC(=O)c2ccccc2)c1. The van der Waals surface area contributed by atoms with Gasteiger partial charge in [0.25, 0.3) is 0 Å². The molecule has 0 aliphatic heterocycles. The number of ether oxygens (including phenoxy) is 2. The second-order valence-electron chi connectivity index (χ2n) is 9.79. The highest BCUT2D eigenvalue weighted by molar-refractivity contribution is 7.99. The smallest absolute Gasteiger partial charge is 0.306 e. The molecule has 2 aromatic rings. The zero-order chi connectivity index (χ0) is 28.0. The van der Waals surface area contributed by atoms with Crippen molar-refractivity contribution in [3.05, 3.63) is 83.4 Å². The van der Waals surface area contributed by atoms with E-state index in [1.54, 1.807) is 55.3 Å². The molecule has 210 valence electrons. The summed E-state index contributed by atoms with van der Waals surface area (Å²) in [5.41, 5.74) is 2.54. The Bertz CT molecular complexity index is 1100. The van der Waals surface area contributed by atoms with E-state index in [2.05, 4.69) is 0 Å². The van der Waals surface area contributed by atoms with Crippen molar-refractivity contribution in [1.29, 1.82) is 0 Å². The lowest BCUT2D eigenvalue weighted by molar-refractivity contribution is -0.142. The fourth-order valence-corrected chi connectivity index (χ4v) is 5.70. The molecule has 0 aromatic heterocycles. The number of ketones is 2. The van der Waals surface area contributed by atoms with E-state index in [0.717, 1.165) is 22.6 Å². The first-order valence-corrected chi connectivity index (χ1v) is 14.5. The van der Waals surface area contributed by atoms with Gasteiger partial charge in [-0.05, 0) is 35.5 Å². The van der Waals surface area contributed by atoms with Crippen LogP contribution in [0, 0.1) is 11.8 Å². The summed E-state index contributed by atoms with van der Waals surface area (Å²) in [5, 5.41) is 21.0. The van der Waals surface area contributed by atoms with Crippen molar-refractivity contribution in [2.75, 3.05) is 25.2 Å². The molecule has 39 heavy (non-hydrogen) atoms. The minimum atomic E-state index is -0.741. The molecule has 1 aliphatic carbocycles. The van der Waals surface area contributed by atoms with Gasteiger partial charge in [-0.1, -0.05) is 66.7 Å². The maximum atomic E-state index is 12.5. The second-order valence-corrected chi connectivity index (χ2v) is 11.0. The standard InChI is InChI=1S/C31H38O7S/c1-37-20-23-8-5-7-22(17-23)18-25(32)12-13-26-27(29(34)19-28(26)33)14-16-39-15-6-11-31(36)38-21-30(35)24-9-3-2-4-10-24/h2-5,7-10,12-13,17,25-28,32-33H,6,11,14-16,18-21H2,1H3/b13-12+/t25-,26+,27-,28-/m1/s1. The molecule has 0 heterocycles. The molecule has 0 amide bonds. The summed E-state index contributed by atoms with van der Waals surface area (Å²) in [6, 6.07) is 16.6. The molecule has 0 radical (unpaired) electrons. The minimum Gasteiger partial charge on any atom is -0.457 e. The maximum Gasteiger partial charge on any atom is 0.306 e. The zero-order valence-electron chi connectivity index (χ0n) is 22.4. The van der Waals surface area contributed by atoms with E-state index in [0.29, 0.717) is 31.4 Å². The van der Waals surface area contributed by atoms with Crippen molar-refractivity contribution in [3.8, 4) is 0 Å². The third kappa shape index (κ3) is 10.4. The summed E-state index contributed by atoms with van der Waals surface area (Å²) in [7, 11) is 1.64. The average Bonchev–Trinajstić information content (AvgIpc) is 3.20. The van der Waals surface area contributed by atoms with Gasteiger partial charge in [0.1, 0.15) is 5.78 Å². The van der Waals surface area contributed by atoms with E-state index < -0.39 is 18.2 Å². The van der Waals surface area contributed by atoms with Crippen molar-refractivity contribution in [1.82, 2.24) is 0 Å². The van der Waals surface area contributed by atoms with Gasteiger partial charge in [-0.25, -0.2) is 0 Å². The molecule has 8 heteroatoms. The van der Waals surface area contributed by atoms with Crippen LogP contribution in [-0.4, -0.2) is 65.2 Å². The van der Waals surface area contributed by atoms with Gasteiger partial charge in [0.05, 0.1) is 18.8 Å². The number of aliphatic hydroxyl groups is 2. The molecule has 0 spiro atoms. The molecule has 1 fully saturated rings. The lowest BCUT2D eigenvalue weighted by Crippen LogP contribution is -2.20. The molecule has 3 rings (SSSR count). The highest BCUT2D eigenvalue weighted by Gasteiger charge is 2.39. The maximum absolute atomic E-state index is 12.5. The molecule has 0 bridgehead atoms. The molecule has 2 N–H and O–H groups in total. The Morgan fingerprint density at radius 3 is 2.64 bits per heavy atom. The van der Waals surface area contributed by atoms with Gasteiger partial charge in [-0.15, -0.1) is 0 Å². The van der Waals surface area contributed by atoms with E-state index in [4.69, 9.17) is 9.47 Å². The monoisotopic (exact) mass is 554 g/mol. The van der Waals surface area contributed by atoms with Crippen LogP contribution in [0.2, 0.25) is 0 Å². The Balaban J connectivity index is 1.35. The predicted octanol–water partition coefficient (Wildman–Crippen LogP) is 4.19. The van der Waals surface area contributed by atoms with E-state index in [9.17, 15) is 24.6 Å². The van der Waals surface area contributed by atoms with Crippen molar-refractivity contribution in [2.24, 2.45) is 11.8 Å². The summed E-state index contributed by atoms with van der Waals surface area (Å²) >= 11 is 1.65. The van der Waals surface area contributed by atoms with Crippen LogP contribution in [0.1, 0.15) is 47.2 Å². The number of carbonyl (C=O) groups excluding carboxylic acids is 3. The molecule has 4 atom stereocenters. The number of rotatable bonds is 16. The Morgan fingerprint density at radius 2 is 1.87 bits per heavy atom. The Labute approximate surface area is 234 Å². The summed E-state index contributed by atoms with van der Waals surface area (Å²) in [4.78, 5) is 36.5. The molecule has 1 saturated carbocycles. The van der Waals surface area contributed by atoms with Crippen molar-refractivity contribution >= 4 is 29.3 Å². The normalized spacial score (nSPS) is 19.9. The Hall–Kier alpha value is -2.78. The van der Waals surface area contributed by atoms with Crippen LogP contribution in [0.4, 0.5) is 0 Å². The van der Waals surface area contributed by atoms with Gasteiger partial charge in [0, 0.05) is 43.8 Å². The van der Waals surface area contributed by atoms with Gasteiger partial charge in [0.2, 0.25) is 0 Å². The molecule has 2 aromatic carbocycles. The lowest BCUT2D eigenvalue weighted by atomic mass is 9.91. The quantitative estimate of drug-likeness (QED) is 0.138. The molecular weight excluding hydrogens is 516 g/mol. The van der Waals surface area contributed by atoms with Gasteiger partial charge in [-0.2, -0.15) is 11.8 Å². The average molecular weight is 555 g/mol. The summed E-state index contributed by atoms with van der Waals surface area (Å²) in [6.45, 7) is 0.252. The minimum absolute atomic E-state index is 0.0474. The first kappa shape index (κ1) is 30.8. The highest BCUT2D eigenvalue weighted by atomic mass is 32.2. The summed E-state index contributed by atoms with van der Waals surface area (Å²) < 4.78 is 10.2. The largest absolute Gasteiger partial charge is 0.457 e.